The molecule has 1 aromatic heterocycles. The molecule has 3 unspecified atom stereocenters. The molecule has 1 amide bonds. The molecular weight excluding hydrogens is 321 g/mol. The molecule has 1 aliphatic carbocycles. The maximum Gasteiger partial charge on any atom is 0.391 e. The largest absolute Gasteiger partial charge is 0.391 e. The van der Waals surface area contributed by atoms with Crippen LogP contribution in [0.5, 0.6) is 0 Å². The summed E-state index contributed by atoms with van der Waals surface area (Å²) in [6.45, 7) is 4.60. The van der Waals surface area contributed by atoms with Crippen LogP contribution in [0, 0.1) is 12.8 Å². The maximum atomic E-state index is 12.8. The summed E-state index contributed by atoms with van der Waals surface area (Å²) < 4.78 is 40.1. The van der Waals surface area contributed by atoms with Gasteiger partial charge in [0.15, 0.2) is 0 Å². The monoisotopic (exact) mass is 346 g/mol. The molecule has 2 rings (SSSR count). The van der Waals surface area contributed by atoms with E-state index in [-0.39, 0.29) is 37.4 Å². The Morgan fingerprint density at radius 2 is 2.21 bits per heavy atom. The molecule has 2 N–H and O–H groups in total. The second kappa shape index (κ2) is 8.00. The molecule has 1 saturated carbocycles. The summed E-state index contributed by atoms with van der Waals surface area (Å²) >= 11 is 0. The van der Waals surface area contributed by atoms with E-state index in [9.17, 15) is 18.0 Å². The molecule has 0 bridgehead atoms. The number of nitrogens with zero attached hydrogens (tertiary/aromatic N) is 2. The smallest absolute Gasteiger partial charge is 0.352 e. The number of alkyl halides is 3. The van der Waals surface area contributed by atoms with E-state index in [1.54, 1.807) is 10.9 Å². The van der Waals surface area contributed by atoms with Gasteiger partial charge in [0.2, 0.25) is 5.91 Å². The summed E-state index contributed by atoms with van der Waals surface area (Å²) in [7, 11) is 0. The number of carbonyl (C=O) groups excluding carboxylic acids is 1. The molecule has 1 aliphatic rings. The number of amides is 1. The van der Waals surface area contributed by atoms with Gasteiger partial charge in [-0.2, -0.15) is 18.3 Å². The zero-order chi connectivity index (χ0) is 17.7. The Bertz CT molecular complexity index is 544. The van der Waals surface area contributed by atoms with Crippen molar-refractivity contribution in [1.29, 1.82) is 0 Å². The Hall–Kier alpha value is -1.57. The fourth-order valence-corrected chi connectivity index (χ4v) is 3.08. The lowest BCUT2D eigenvalue weighted by molar-refractivity contribution is -0.184. The van der Waals surface area contributed by atoms with Crippen molar-refractivity contribution in [3.63, 3.8) is 0 Å². The molecule has 1 fully saturated rings. The van der Waals surface area contributed by atoms with Crippen molar-refractivity contribution in [1.82, 2.24) is 20.4 Å². The van der Waals surface area contributed by atoms with Crippen molar-refractivity contribution in [2.45, 2.75) is 64.3 Å². The lowest BCUT2D eigenvalue weighted by atomic mass is 9.85. The average Bonchev–Trinajstić information content (AvgIpc) is 2.90. The van der Waals surface area contributed by atoms with Crippen molar-refractivity contribution >= 4 is 5.91 Å². The molecule has 1 aromatic rings. The fraction of sp³-hybridized carbons (Fsp3) is 0.750. The first-order valence-corrected chi connectivity index (χ1v) is 8.32. The van der Waals surface area contributed by atoms with Crippen LogP contribution >= 0.6 is 0 Å². The zero-order valence-corrected chi connectivity index (χ0v) is 14.1. The highest BCUT2D eigenvalue weighted by molar-refractivity contribution is 5.78. The van der Waals surface area contributed by atoms with Crippen LogP contribution in [0.25, 0.3) is 0 Å². The number of aryl methyl sites for hydroxylation is 1. The van der Waals surface area contributed by atoms with Crippen LogP contribution in [-0.4, -0.2) is 40.5 Å². The number of halogens is 3. The van der Waals surface area contributed by atoms with Crippen LogP contribution in [-0.2, 0) is 11.3 Å². The van der Waals surface area contributed by atoms with Gasteiger partial charge in [-0.25, -0.2) is 0 Å². The minimum Gasteiger partial charge on any atom is -0.352 e. The summed E-state index contributed by atoms with van der Waals surface area (Å²) in [6, 6.07) is -0.354. The highest BCUT2D eigenvalue weighted by Gasteiger charge is 2.42. The van der Waals surface area contributed by atoms with Gasteiger partial charge in [-0.05, 0) is 38.7 Å². The van der Waals surface area contributed by atoms with Gasteiger partial charge in [0.25, 0.3) is 0 Å². The number of hydrogen-bond acceptors (Lipinski definition) is 3. The molecule has 0 saturated heterocycles. The van der Waals surface area contributed by atoms with Crippen molar-refractivity contribution in [2.24, 2.45) is 5.92 Å². The Morgan fingerprint density at radius 3 is 2.83 bits per heavy atom. The third kappa shape index (κ3) is 5.81. The van der Waals surface area contributed by atoms with E-state index in [0.29, 0.717) is 19.4 Å². The molecule has 8 heteroatoms. The van der Waals surface area contributed by atoms with Crippen LogP contribution in [0.3, 0.4) is 0 Å². The van der Waals surface area contributed by atoms with Gasteiger partial charge in [0, 0.05) is 18.3 Å². The third-order valence-corrected chi connectivity index (χ3v) is 4.34. The first-order chi connectivity index (χ1) is 11.2. The van der Waals surface area contributed by atoms with Gasteiger partial charge >= 0.3 is 6.18 Å². The predicted molar refractivity (Wildman–Crippen MR) is 84.4 cm³/mol. The molecular formula is C16H25F3N4O. The molecule has 0 aliphatic heterocycles. The number of carbonyl (C=O) groups is 1. The van der Waals surface area contributed by atoms with Crippen LogP contribution in [0.1, 0.15) is 38.2 Å². The quantitative estimate of drug-likeness (QED) is 0.832. The first-order valence-electron chi connectivity index (χ1n) is 8.32. The fourth-order valence-electron chi connectivity index (χ4n) is 3.08. The van der Waals surface area contributed by atoms with Crippen LogP contribution in [0.15, 0.2) is 12.4 Å². The SMILES string of the molecule is Cc1cnn(CC(C)NCC(=O)NC2CCCC(C(F)(F)F)C2)c1. The van der Waals surface area contributed by atoms with Gasteiger partial charge in [-0.1, -0.05) is 6.42 Å². The molecule has 5 nitrogen and oxygen atoms in total. The van der Waals surface area contributed by atoms with E-state index >= 15 is 0 Å². The summed E-state index contributed by atoms with van der Waals surface area (Å²) in [4.78, 5) is 12.0. The minimum absolute atomic E-state index is 0.0165. The minimum atomic E-state index is -4.17. The van der Waals surface area contributed by atoms with Gasteiger partial charge in [-0.3, -0.25) is 9.48 Å². The molecule has 0 aromatic carbocycles. The Balaban J connectivity index is 1.70. The first kappa shape index (κ1) is 18.8. The van der Waals surface area contributed by atoms with E-state index in [2.05, 4.69) is 15.7 Å². The van der Waals surface area contributed by atoms with E-state index in [1.807, 2.05) is 20.0 Å². The van der Waals surface area contributed by atoms with E-state index in [0.717, 1.165) is 5.56 Å². The predicted octanol–water partition coefficient (Wildman–Crippen LogP) is 2.41. The molecule has 24 heavy (non-hydrogen) atoms. The van der Waals surface area contributed by atoms with Crippen LogP contribution < -0.4 is 10.6 Å². The summed E-state index contributed by atoms with van der Waals surface area (Å²) in [6.07, 6.45) is 0.763. The number of aromatic nitrogens is 2. The second-order valence-electron chi connectivity index (χ2n) is 6.69. The normalized spacial score (nSPS) is 23.0. The summed E-state index contributed by atoms with van der Waals surface area (Å²) in [5.41, 5.74) is 1.07. The molecule has 0 radical (unpaired) electrons. The summed E-state index contributed by atoms with van der Waals surface area (Å²) in [5.74, 6) is -1.56. The number of nitrogens with one attached hydrogen (secondary N) is 2. The summed E-state index contributed by atoms with van der Waals surface area (Å²) in [5, 5.41) is 9.97. The number of rotatable bonds is 6. The average molecular weight is 346 g/mol. The van der Waals surface area contributed by atoms with Crippen LogP contribution in [0.4, 0.5) is 13.2 Å². The van der Waals surface area contributed by atoms with Gasteiger partial charge in [0.05, 0.1) is 25.2 Å². The topological polar surface area (TPSA) is 59.0 Å². The van der Waals surface area contributed by atoms with E-state index in [4.69, 9.17) is 0 Å². The maximum absolute atomic E-state index is 12.8. The highest BCUT2D eigenvalue weighted by Crippen LogP contribution is 2.37. The second-order valence-corrected chi connectivity index (χ2v) is 6.69. The van der Waals surface area contributed by atoms with Crippen molar-refractivity contribution in [2.75, 3.05) is 6.54 Å². The Kier molecular flexibility index (Phi) is 6.26. The van der Waals surface area contributed by atoms with Gasteiger partial charge in [0.1, 0.15) is 0 Å². The molecule has 1 heterocycles. The Morgan fingerprint density at radius 1 is 1.46 bits per heavy atom. The lowest BCUT2D eigenvalue weighted by Crippen LogP contribution is -2.46. The van der Waals surface area contributed by atoms with E-state index < -0.39 is 12.1 Å². The standard InChI is InChI=1S/C16H25F3N4O/c1-11-7-21-23(9-11)10-12(2)20-8-15(24)22-14-5-3-4-13(6-14)16(17,18)19/h7,9,12-14,20H,3-6,8,10H2,1-2H3,(H,22,24). The van der Waals surface area contributed by atoms with Crippen molar-refractivity contribution in [3.8, 4) is 0 Å². The Labute approximate surface area is 140 Å². The number of hydrogen-bond donors (Lipinski definition) is 2. The van der Waals surface area contributed by atoms with Crippen molar-refractivity contribution in [3.05, 3.63) is 18.0 Å². The zero-order valence-electron chi connectivity index (χ0n) is 14.1. The third-order valence-electron chi connectivity index (χ3n) is 4.34. The van der Waals surface area contributed by atoms with Gasteiger partial charge < -0.3 is 10.6 Å². The van der Waals surface area contributed by atoms with Crippen LogP contribution in [0.2, 0.25) is 0 Å². The van der Waals surface area contributed by atoms with Crippen molar-refractivity contribution < 1.29 is 18.0 Å². The van der Waals surface area contributed by atoms with E-state index in [1.165, 1.54) is 0 Å². The molecule has 3 atom stereocenters. The lowest BCUT2D eigenvalue weighted by Gasteiger charge is -2.31. The molecule has 0 spiro atoms. The highest BCUT2D eigenvalue weighted by atomic mass is 19.4. The van der Waals surface area contributed by atoms with Gasteiger partial charge in [-0.15, -0.1) is 0 Å². The molecule has 136 valence electrons.